The molecule has 1 aromatic carbocycles. The van der Waals surface area contributed by atoms with Crippen LogP contribution in [0.3, 0.4) is 0 Å². The summed E-state index contributed by atoms with van der Waals surface area (Å²) in [6, 6.07) is 6.77. The molecule has 9 heteroatoms. The molecule has 0 aromatic heterocycles. The number of hydrogen-bond acceptors (Lipinski definition) is 8. The molecule has 0 N–H and O–H groups in total. The lowest BCUT2D eigenvalue weighted by atomic mass is 10.2. The molecule has 0 unspecified atom stereocenters. The second-order valence-electron chi connectivity index (χ2n) is 5.83. The molecule has 0 radical (unpaired) electrons. The lowest BCUT2D eigenvalue weighted by molar-refractivity contribution is -0.150. The molecule has 1 saturated heterocycles. The number of ether oxygens (including phenoxy) is 3. The maximum atomic E-state index is 12.5. The van der Waals surface area contributed by atoms with Crippen molar-refractivity contribution in [3.63, 3.8) is 0 Å². The summed E-state index contributed by atoms with van der Waals surface area (Å²) in [6.45, 7) is 3.06. The third-order valence-corrected chi connectivity index (χ3v) is 4.75. The number of amides is 2. The van der Waals surface area contributed by atoms with Gasteiger partial charge in [-0.3, -0.25) is 19.3 Å². The quantitative estimate of drug-likeness (QED) is 0.481. The van der Waals surface area contributed by atoms with Crippen molar-refractivity contribution in [3.8, 4) is 17.6 Å². The van der Waals surface area contributed by atoms with Crippen LogP contribution in [0.15, 0.2) is 23.1 Å². The Balaban J connectivity index is 2.14. The Hall–Kier alpha value is -2.99. The summed E-state index contributed by atoms with van der Waals surface area (Å²) in [5.41, 5.74) is 0.605. The third kappa shape index (κ3) is 5.27. The number of esters is 1. The number of hydrogen-bond donors (Lipinski definition) is 0. The monoisotopic (exact) mass is 404 g/mol. The fourth-order valence-corrected chi connectivity index (χ4v) is 3.10. The number of rotatable bonds is 8. The standard InChI is InChI=1S/C19H20N2O6S/c1-4-12(2)27-17(22)11-21-18(23)16(28-19(21)24)10-13-5-6-14(26-8-7-20)15(9-13)25-3/h5-6,9-10,12H,4,8,11H2,1-3H3/b16-10-/t12-/m1/s1. The molecule has 148 valence electrons. The van der Waals surface area contributed by atoms with E-state index in [0.717, 1.165) is 16.7 Å². The average Bonchev–Trinajstić information content (AvgIpc) is 2.93. The number of nitrogens with zero attached hydrogens (tertiary/aromatic N) is 2. The molecule has 1 atom stereocenters. The van der Waals surface area contributed by atoms with Crippen LogP contribution in [0.5, 0.6) is 11.5 Å². The van der Waals surface area contributed by atoms with Crippen LogP contribution in [0.1, 0.15) is 25.8 Å². The van der Waals surface area contributed by atoms with E-state index in [0.29, 0.717) is 23.5 Å². The summed E-state index contributed by atoms with van der Waals surface area (Å²) in [5.74, 6) is -0.402. The van der Waals surface area contributed by atoms with E-state index in [1.165, 1.54) is 13.2 Å². The minimum absolute atomic E-state index is 0.124. The van der Waals surface area contributed by atoms with Gasteiger partial charge in [0.1, 0.15) is 12.6 Å². The van der Waals surface area contributed by atoms with Gasteiger partial charge in [0.05, 0.1) is 18.1 Å². The van der Waals surface area contributed by atoms with Gasteiger partial charge in [0.2, 0.25) is 0 Å². The van der Waals surface area contributed by atoms with Crippen molar-refractivity contribution in [1.82, 2.24) is 4.90 Å². The number of nitriles is 1. The van der Waals surface area contributed by atoms with Gasteiger partial charge in [-0.25, -0.2) is 0 Å². The van der Waals surface area contributed by atoms with Crippen LogP contribution in [0.2, 0.25) is 0 Å². The first-order valence-corrected chi connectivity index (χ1v) is 9.33. The fraction of sp³-hybridized carbons (Fsp3) is 0.368. The zero-order chi connectivity index (χ0) is 20.7. The normalized spacial score (nSPS) is 16.1. The molecule has 2 rings (SSSR count). The van der Waals surface area contributed by atoms with E-state index in [9.17, 15) is 14.4 Å². The first-order valence-electron chi connectivity index (χ1n) is 8.52. The Labute approximate surface area is 167 Å². The Bertz CT molecular complexity index is 845. The van der Waals surface area contributed by atoms with E-state index in [2.05, 4.69) is 0 Å². The number of imide groups is 1. The summed E-state index contributed by atoms with van der Waals surface area (Å²) in [5, 5.41) is 8.07. The van der Waals surface area contributed by atoms with Gasteiger partial charge in [0.15, 0.2) is 18.1 Å². The van der Waals surface area contributed by atoms with Crippen LogP contribution in [0, 0.1) is 11.3 Å². The Morgan fingerprint density at radius 1 is 1.36 bits per heavy atom. The topological polar surface area (TPSA) is 106 Å². The highest BCUT2D eigenvalue weighted by Gasteiger charge is 2.36. The van der Waals surface area contributed by atoms with Crippen LogP contribution in [-0.4, -0.2) is 48.4 Å². The van der Waals surface area contributed by atoms with Gasteiger partial charge in [-0.15, -0.1) is 0 Å². The van der Waals surface area contributed by atoms with E-state index in [1.54, 1.807) is 25.1 Å². The molecule has 8 nitrogen and oxygen atoms in total. The molecule has 2 amide bonds. The van der Waals surface area contributed by atoms with Crippen molar-refractivity contribution in [3.05, 3.63) is 28.7 Å². The van der Waals surface area contributed by atoms with Gasteiger partial charge in [0.25, 0.3) is 11.1 Å². The van der Waals surface area contributed by atoms with Crippen molar-refractivity contribution < 1.29 is 28.6 Å². The SMILES string of the molecule is CC[C@@H](C)OC(=O)CN1C(=O)S/C(=C\c2ccc(OCC#N)c(OC)c2)C1=O. The van der Waals surface area contributed by atoms with Crippen LogP contribution in [-0.2, 0) is 14.3 Å². The molecule has 1 aliphatic rings. The van der Waals surface area contributed by atoms with Gasteiger partial charge in [-0.2, -0.15) is 5.26 Å². The van der Waals surface area contributed by atoms with Crippen molar-refractivity contribution in [2.45, 2.75) is 26.4 Å². The summed E-state index contributed by atoms with van der Waals surface area (Å²) in [4.78, 5) is 37.5. The van der Waals surface area contributed by atoms with E-state index < -0.39 is 23.7 Å². The molecule has 0 bridgehead atoms. The lowest BCUT2D eigenvalue weighted by Crippen LogP contribution is -2.35. The zero-order valence-electron chi connectivity index (χ0n) is 15.8. The summed E-state index contributed by atoms with van der Waals surface area (Å²) in [6.07, 6.45) is 1.89. The Kier molecular flexibility index (Phi) is 7.46. The van der Waals surface area contributed by atoms with Gasteiger partial charge < -0.3 is 14.2 Å². The average molecular weight is 404 g/mol. The molecule has 1 aliphatic heterocycles. The van der Waals surface area contributed by atoms with E-state index >= 15 is 0 Å². The predicted octanol–water partition coefficient (Wildman–Crippen LogP) is 2.98. The predicted molar refractivity (Wildman–Crippen MR) is 103 cm³/mol. The summed E-state index contributed by atoms with van der Waals surface area (Å²) >= 11 is 0.750. The molecule has 1 fully saturated rings. The van der Waals surface area contributed by atoms with Crippen LogP contribution in [0.4, 0.5) is 4.79 Å². The van der Waals surface area contributed by atoms with Crippen molar-refractivity contribution in [2.75, 3.05) is 20.3 Å². The molecule has 28 heavy (non-hydrogen) atoms. The first kappa shape index (κ1) is 21.3. The van der Waals surface area contributed by atoms with Crippen molar-refractivity contribution >= 4 is 35.0 Å². The van der Waals surface area contributed by atoms with E-state index in [1.807, 2.05) is 13.0 Å². The maximum Gasteiger partial charge on any atom is 0.326 e. The van der Waals surface area contributed by atoms with Crippen LogP contribution < -0.4 is 9.47 Å². The highest BCUT2D eigenvalue weighted by atomic mass is 32.2. The molecular formula is C19H20N2O6S. The van der Waals surface area contributed by atoms with Crippen molar-refractivity contribution in [1.29, 1.82) is 5.26 Å². The number of methoxy groups -OCH3 is 1. The van der Waals surface area contributed by atoms with Gasteiger partial charge in [-0.1, -0.05) is 13.0 Å². The minimum atomic E-state index is -0.626. The highest BCUT2D eigenvalue weighted by molar-refractivity contribution is 8.18. The number of carbonyl (C=O) groups excluding carboxylic acids is 3. The Morgan fingerprint density at radius 3 is 2.75 bits per heavy atom. The molecule has 0 aliphatic carbocycles. The zero-order valence-corrected chi connectivity index (χ0v) is 16.6. The lowest BCUT2D eigenvalue weighted by Gasteiger charge is -2.14. The summed E-state index contributed by atoms with van der Waals surface area (Å²) in [7, 11) is 1.45. The molecule has 0 spiro atoms. The van der Waals surface area contributed by atoms with Gasteiger partial charge in [-0.05, 0) is 48.9 Å². The van der Waals surface area contributed by atoms with Crippen LogP contribution in [0.25, 0.3) is 6.08 Å². The maximum absolute atomic E-state index is 12.5. The minimum Gasteiger partial charge on any atom is -0.493 e. The van der Waals surface area contributed by atoms with Crippen LogP contribution >= 0.6 is 11.8 Å². The molecule has 0 saturated carbocycles. The second-order valence-corrected chi connectivity index (χ2v) is 6.83. The second kappa shape index (κ2) is 9.80. The largest absolute Gasteiger partial charge is 0.493 e. The third-order valence-electron chi connectivity index (χ3n) is 3.85. The first-order chi connectivity index (χ1) is 13.4. The number of benzene rings is 1. The smallest absolute Gasteiger partial charge is 0.326 e. The summed E-state index contributed by atoms with van der Waals surface area (Å²) < 4.78 is 15.6. The Morgan fingerprint density at radius 2 is 2.11 bits per heavy atom. The van der Waals surface area contributed by atoms with E-state index in [4.69, 9.17) is 19.5 Å². The molecular weight excluding hydrogens is 384 g/mol. The molecule has 1 aromatic rings. The van der Waals surface area contributed by atoms with Gasteiger partial charge in [0, 0.05) is 0 Å². The van der Waals surface area contributed by atoms with E-state index in [-0.39, 0.29) is 17.6 Å². The van der Waals surface area contributed by atoms with Gasteiger partial charge >= 0.3 is 5.97 Å². The molecule has 1 heterocycles. The van der Waals surface area contributed by atoms with Crippen molar-refractivity contribution in [2.24, 2.45) is 0 Å². The number of thioether (sulfide) groups is 1. The highest BCUT2D eigenvalue weighted by Crippen LogP contribution is 2.34. The number of carbonyl (C=O) groups is 3. The fourth-order valence-electron chi connectivity index (χ4n) is 2.26.